The molecule has 0 aliphatic heterocycles. The Morgan fingerprint density at radius 1 is 1.25 bits per heavy atom. The zero-order valence-corrected chi connectivity index (χ0v) is 13.4. The minimum atomic E-state index is 0.468. The molecule has 0 aromatic carbocycles. The minimum absolute atomic E-state index is 0.468. The lowest BCUT2D eigenvalue weighted by Crippen LogP contribution is -2.28. The molecule has 1 aromatic rings. The predicted molar refractivity (Wildman–Crippen MR) is 84.9 cm³/mol. The Labute approximate surface area is 124 Å². The molecular weight excluding hydrogens is 246 g/mol. The van der Waals surface area contributed by atoms with E-state index in [4.69, 9.17) is 5.10 Å². The fourth-order valence-electron chi connectivity index (χ4n) is 3.37. The van der Waals surface area contributed by atoms with Crippen LogP contribution in [0.1, 0.15) is 64.6 Å². The van der Waals surface area contributed by atoms with Crippen LogP contribution in [-0.4, -0.2) is 22.9 Å². The summed E-state index contributed by atoms with van der Waals surface area (Å²) in [4.78, 5) is 0. The Balaban J connectivity index is 1.98. The van der Waals surface area contributed by atoms with Gasteiger partial charge in [-0.1, -0.05) is 26.2 Å². The zero-order chi connectivity index (χ0) is 14.4. The first-order valence-electron chi connectivity index (χ1n) is 8.45. The lowest BCUT2D eigenvalue weighted by molar-refractivity contribution is 0.297. The average molecular weight is 277 g/mol. The van der Waals surface area contributed by atoms with Gasteiger partial charge in [0.1, 0.15) is 0 Å². The fourth-order valence-corrected chi connectivity index (χ4v) is 3.37. The average Bonchev–Trinajstić information content (AvgIpc) is 2.78. The van der Waals surface area contributed by atoms with Crippen molar-refractivity contribution in [1.29, 1.82) is 0 Å². The molecule has 0 amide bonds. The van der Waals surface area contributed by atoms with Gasteiger partial charge in [0, 0.05) is 12.2 Å². The molecule has 1 heterocycles. The van der Waals surface area contributed by atoms with Crippen molar-refractivity contribution in [2.24, 2.45) is 11.8 Å². The van der Waals surface area contributed by atoms with Crippen LogP contribution in [0.4, 0.5) is 0 Å². The summed E-state index contributed by atoms with van der Waals surface area (Å²) in [5, 5.41) is 8.30. The second kappa shape index (κ2) is 7.82. The van der Waals surface area contributed by atoms with Crippen LogP contribution < -0.4 is 5.32 Å². The highest BCUT2D eigenvalue weighted by molar-refractivity contribution is 5.02. The van der Waals surface area contributed by atoms with Gasteiger partial charge >= 0.3 is 0 Å². The molecule has 0 bridgehead atoms. The molecule has 2 atom stereocenters. The van der Waals surface area contributed by atoms with Crippen molar-refractivity contribution in [3.63, 3.8) is 0 Å². The molecule has 114 valence electrons. The lowest BCUT2D eigenvalue weighted by atomic mass is 9.84. The first kappa shape index (κ1) is 15.6. The van der Waals surface area contributed by atoms with Crippen molar-refractivity contribution < 1.29 is 0 Å². The van der Waals surface area contributed by atoms with Crippen molar-refractivity contribution >= 4 is 0 Å². The van der Waals surface area contributed by atoms with E-state index in [2.05, 4.69) is 43.0 Å². The molecule has 0 saturated heterocycles. The van der Waals surface area contributed by atoms with Crippen LogP contribution in [0.3, 0.4) is 0 Å². The summed E-state index contributed by atoms with van der Waals surface area (Å²) < 4.78 is 2.09. The van der Waals surface area contributed by atoms with Crippen LogP contribution in [0.25, 0.3) is 0 Å². The smallest absolute Gasteiger partial charge is 0.0627 e. The molecule has 0 radical (unpaired) electrons. The van der Waals surface area contributed by atoms with E-state index in [1.165, 1.54) is 44.3 Å². The Bertz CT molecular complexity index is 383. The minimum Gasteiger partial charge on any atom is -0.317 e. The standard InChI is InChI=1S/C17H31N3/c1-4-18-13-16-9-7-5-6-8-15(16)12-17-10-11-20(19-17)14(2)3/h10-11,14-16,18H,4-9,12-13H2,1-3H3. The number of nitrogens with one attached hydrogen (secondary N) is 1. The van der Waals surface area contributed by atoms with Gasteiger partial charge in [0.2, 0.25) is 0 Å². The summed E-state index contributed by atoms with van der Waals surface area (Å²) in [7, 11) is 0. The molecular formula is C17H31N3. The van der Waals surface area contributed by atoms with Crippen LogP contribution in [0.5, 0.6) is 0 Å². The molecule has 2 unspecified atom stereocenters. The van der Waals surface area contributed by atoms with E-state index in [1.54, 1.807) is 0 Å². The maximum atomic E-state index is 4.75. The largest absolute Gasteiger partial charge is 0.317 e. The highest BCUT2D eigenvalue weighted by atomic mass is 15.3. The summed E-state index contributed by atoms with van der Waals surface area (Å²) in [6.07, 6.45) is 10.3. The van der Waals surface area contributed by atoms with Crippen molar-refractivity contribution in [2.75, 3.05) is 13.1 Å². The highest BCUT2D eigenvalue weighted by Crippen LogP contribution is 2.30. The number of hydrogen-bond acceptors (Lipinski definition) is 2. The molecule has 1 N–H and O–H groups in total. The second-order valence-electron chi connectivity index (χ2n) is 6.55. The van der Waals surface area contributed by atoms with E-state index in [1.807, 2.05) is 0 Å². The molecule has 1 aliphatic rings. The van der Waals surface area contributed by atoms with Crippen LogP contribution in [0, 0.1) is 11.8 Å². The molecule has 3 nitrogen and oxygen atoms in total. The van der Waals surface area contributed by atoms with Gasteiger partial charge in [-0.05, 0) is 64.1 Å². The second-order valence-corrected chi connectivity index (χ2v) is 6.55. The third kappa shape index (κ3) is 4.34. The van der Waals surface area contributed by atoms with E-state index in [-0.39, 0.29) is 0 Å². The molecule has 1 aromatic heterocycles. The zero-order valence-electron chi connectivity index (χ0n) is 13.4. The number of nitrogens with zero attached hydrogens (tertiary/aromatic N) is 2. The number of rotatable bonds is 6. The summed E-state index contributed by atoms with van der Waals surface area (Å²) in [6.45, 7) is 8.86. The van der Waals surface area contributed by atoms with E-state index in [0.29, 0.717) is 6.04 Å². The number of hydrogen-bond donors (Lipinski definition) is 1. The lowest BCUT2D eigenvalue weighted by Gasteiger charge is -2.24. The maximum Gasteiger partial charge on any atom is 0.0627 e. The summed E-state index contributed by atoms with van der Waals surface area (Å²) in [5.74, 6) is 1.65. The van der Waals surface area contributed by atoms with E-state index in [9.17, 15) is 0 Å². The van der Waals surface area contributed by atoms with Crippen LogP contribution in [0.15, 0.2) is 12.3 Å². The van der Waals surface area contributed by atoms with Gasteiger partial charge in [-0.25, -0.2) is 0 Å². The quantitative estimate of drug-likeness (QED) is 0.801. The van der Waals surface area contributed by atoms with Gasteiger partial charge in [0.25, 0.3) is 0 Å². The first-order chi connectivity index (χ1) is 9.70. The molecule has 1 saturated carbocycles. The Hall–Kier alpha value is -0.830. The van der Waals surface area contributed by atoms with Gasteiger partial charge in [-0.2, -0.15) is 5.10 Å². The maximum absolute atomic E-state index is 4.75. The predicted octanol–water partition coefficient (Wildman–Crippen LogP) is 3.81. The van der Waals surface area contributed by atoms with Crippen LogP contribution >= 0.6 is 0 Å². The Morgan fingerprint density at radius 2 is 2.00 bits per heavy atom. The summed E-state index contributed by atoms with van der Waals surface area (Å²) >= 11 is 0. The first-order valence-corrected chi connectivity index (χ1v) is 8.45. The molecule has 20 heavy (non-hydrogen) atoms. The molecule has 1 aliphatic carbocycles. The van der Waals surface area contributed by atoms with Gasteiger partial charge in [0.15, 0.2) is 0 Å². The van der Waals surface area contributed by atoms with Gasteiger partial charge in [0.05, 0.1) is 5.69 Å². The molecule has 0 spiro atoms. The van der Waals surface area contributed by atoms with Gasteiger partial charge < -0.3 is 5.32 Å². The van der Waals surface area contributed by atoms with Gasteiger partial charge in [-0.3, -0.25) is 4.68 Å². The molecule has 3 heteroatoms. The van der Waals surface area contributed by atoms with Crippen molar-refractivity contribution in [3.05, 3.63) is 18.0 Å². The third-order valence-electron chi connectivity index (χ3n) is 4.64. The van der Waals surface area contributed by atoms with Crippen molar-refractivity contribution in [1.82, 2.24) is 15.1 Å². The molecule has 2 rings (SSSR count). The number of aromatic nitrogens is 2. The fraction of sp³-hybridized carbons (Fsp3) is 0.824. The summed E-state index contributed by atoms with van der Waals surface area (Å²) in [5.41, 5.74) is 1.28. The highest BCUT2D eigenvalue weighted by Gasteiger charge is 2.24. The normalized spacial score (nSPS) is 24.0. The van der Waals surface area contributed by atoms with E-state index >= 15 is 0 Å². The third-order valence-corrected chi connectivity index (χ3v) is 4.64. The van der Waals surface area contributed by atoms with Gasteiger partial charge in [-0.15, -0.1) is 0 Å². The van der Waals surface area contributed by atoms with Crippen LogP contribution in [-0.2, 0) is 6.42 Å². The van der Waals surface area contributed by atoms with E-state index in [0.717, 1.165) is 24.8 Å². The Morgan fingerprint density at radius 3 is 2.65 bits per heavy atom. The SMILES string of the molecule is CCNCC1CCCCCC1Cc1ccn(C(C)C)n1. The van der Waals surface area contributed by atoms with Crippen molar-refractivity contribution in [2.45, 2.75) is 65.3 Å². The summed E-state index contributed by atoms with van der Waals surface area (Å²) in [6, 6.07) is 2.69. The molecule has 1 fully saturated rings. The monoisotopic (exact) mass is 277 g/mol. The topological polar surface area (TPSA) is 29.9 Å². The van der Waals surface area contributed by atoms with Crippen LogP contribution in [0.2, 0.25) is 0 Å². The van der Waals surface area contributed by atoms with E-state index < -0.39 is 0 Å². The van der Waals surface area contributed by atoms with Crippen molar-refractivity contribution in [3.8, 4) is 0 Å². The Kier molecular flexibility index (Phi) is 6.08.